The van der Waals surface area contributed by atoms with Crippen molar-refractivity contribution >= 4 is 45.8 Å². The van der Waals surface area contributed by atoms with Crippen LogP contribution in [0.1, 0.15) is 16.7 Å². The van der Waals surface area contributed by atoms with Crippen LogP contribution >= 0.6 is 34.2 Å². The molecule has 0 fully saturated rings. The maximum Gasteiger partial charge on any atom is 0.174 e. The molecule has 5 heteroatoms. The standard InChI is InChI=1S/C23H17ClINO2/c1-27-22-13-17(11-19(14-26)18-5-3-2-4-6-18)12-21(25)23(22)28-15-16-7-9-20(24)10-8-16/h2-13H,15H2,1H3. The first kappa shape index (κ1) is 20.2. The molecule has 0 amide bonds. The highest BCUT2D eigenvalue weighted by atomic mass is 127. The van der Waals surface area contributed by atoms with Crippen LogP contribution in [0.4, 0.5) is 0 Å². The van der Waals surface area contributed by atoms with Gasteiger partial charge in [-0.1, -0.05) is 54.1 Å². The molecule has 0 atom stereocenters. The quantitative estimate of drug-likeness (QED) is 0.217. The van der Waals surface area contributed by atoms with Crippen LogP contribution in [0.5, 0.6) is 11.5 Å². The minimum Gasteiger partial charge on any atom is -0.493 e. The molecule has 3 aromatic carbocycles. The first-order chi connectivity index (χ1) is 13.6. The van der Waals surface area contributed by atoms with Gasteiger partial charge >= 0.3 is 0 Å². The predicted molar refractivity (Wildman–Crippen MR) is 121 cm³/mol. The zero-order valence-electron chi connectivity index (χ0n) is 15.2. The summed E-state index contributed by atoms with van der Waals surface area (Å²) in [5.74, 6) is 1.30. The molecule has 0 unspecified atom stereocenters. The molecule has 0 aliphatic rings. The summed E-state index contributed by atoms with van der Waals surface area (Å²) in [6.45, 7) is 0.409. The van der Waals surface area contributed by atoms with Crippen LogP contribution in [0.15, 0.2) is 66.7 Å². The summed E-state index contributed by atoms with van der Waals surface area (Å²) < 4.78 is 12.4. The normalized spacial score (nSPS) is 11.0. The molecule has 3 nitrogen and oxygen atoms in total. The first-order valence-corrected chi connectivity index (χ1v) is 9.98. The Kier molecular flexibility index (Phi) is 6.96. The zero-order valence-corrected chi connectivity index (χ0v) is 18.1. The summed E-state index contributed by atoms with van der Waals surface area (Å²) >= 11 is 8.14. The lowest BCUT2D eigenvalue weighted by molar-refractivity contribution is 0.282. The molecule has 0 spiro atoms. The molecule has 0 radical (unpaired) electrons. The molecule has 0 saturated heterocycles. The highest BCUT2D eigenvalue weighted by Gasteiger charge is 2.12. The van der Waals surface area contributed by atoms with Crippen molar-refractivity contribution in [3.8, 4) is 17.6 Å². The topological polar surface area (TPSA) is 42.2 Å². The summed E-state index contributed by atoms with van der Waals surface area (Å²) in [5, 5.41) is 10.2. The maximum atomic E-state index is 9.54. The van der Waals surface area contributed by atoms with Crippen LogP contribution in [-0.4, -0.2) is 7.11 Å². The van der Waals surface area contributed by atoms with Crippen LogP contribution in [0, 0.1) is 14.9 Å². The predicted octanol–water partition coefficient (Wildman–Crippen LogP) is 6.60. The van der Waals surface area contributed by atoms with Crippen molar-refractivity contribution < 1.29 is 9.47 Å². The molecule has 0 aliphatic carbocycles. The number of ether oxygens (including phenoxy) is 2. The van der Waals surface area contributed by atoms with E-state index in [2.05, 4.69) is 28.7 Å². The Morgan fingerprint density at radius 2 is 1.82 bits per heavy atom. The molecule has 28 heavy (non-hydrogen) atoms. The average Bonchev–Trinajstić information content (AvgIpc) is 2.72. The van der Waals surface area contributed by atoms with Gasteiger partial charge in [0.15, 0.2) is 11.5 Å². The van der Waals surface area contributed by atoms with E-state index in [0.717, 1.165) is 20.3 Å². The van der Waals surface area contributed by atoms with Gasteiger partial charge in [0.25, 0.3) is 0 Å². The lowest BCUT2D eigenvalue weighted by Gasteiger charge is -2.14. The number of hydrogen-bond donors (Lipinski definition) is 0. The maximum absolute atomic E-state index is 9.54. The number of nitrogens with zero attached hydrogens (tertiary/aromatic N) is 1. The second-order valence-corrected chi connectivity index (χ2v) is 7.58. The molecular weight excluding hydrogens is 485 g/mol. The Hall–Kier alpha value is -2.49. The molecule has 0 N–H and O–H groups in total. The lowest BCUT2D eigenvalue weighted by atomic mass is 10.0. The van der Waals surface area contributed by atoms with Crippen LogP contribution in [0.2, 0.25) is 5.02 Å². The third-order valence-corrected chi connectivity index (χ3v) is 5.12. The SMILES string of the molecule is COc1cc(C=C(C#N)c2ccccc2)cc(I)c1OCc1ccc(Cl)cc1. The second-order valence-electron chi connectivity index (χ2n) is 5.99. The van der Waals surface area contributed by atoms with Crippen molar-refractivity contribution in [2.75, 3.05) is 7.11 Å². The van der Waals surface area contributed by atoms with Crippen LogP contribution in [-0.2, 0) is 6.61 Å². The van der Waals surface area contributed by atoms with Gasteiger partial charge in [-0.25, -0.2) is 0 Å². The zero-order chi connectivity index (χ0) is 19.9. The number of halogens is 2. The Balaban J connectivity index is 1.88. The van der Waals surface area contributed by atoms with E-state index >= 15 is 0 Å². The molecule has 0 aromatic heterocycles. The van der Waals surface area contributed by atoms with E-state index in [1.54, 1.807) is 7.11 Å². The van der Waals surface area contributed by atoms with Crippen LogP contribution < -0.4 is 9.47 Å². The second kappa shape index (κ2) is 9.63. The summed E-state index contributed by atoms with van der Waals surface area (Å²) in [6, 6.07) is 23.2. The minimum atomic E-state index is 0.409. The smallest absolute Gasteiger partial charge is 0.174 e. The molecule has 0 heterocycles. The highest BCUT2D eigenvalue weighted by Crippen LogP contribution is 2.35. The van der Waals surface area contributed by atoms with Crippen LogP contribution in [0.3, 0.4) is 0 Å². The van der Waals surface area contributed by atoms with Crippen molar-refractivity contribution in [3.05, 3.63) is 92.0 Å². The average molecular weight is 502 g/mol. The number of benzene rings is 3. The fourth-order valence-electron chi connectivity index (χ4n) is 2.66. The van der Waals surface area contributed by atoms with Crippen molar-refractivity contribution in [2.24, 2.45) is 0 Å². The number of methoxy groups -OCH3 is 1. The summed E-state index contributed by atoms with van der Waals surface area (Å²) in [4.78, 5) is 0. The van der Waals surface area contributed by atoms with Gasteiger partial charge in [0.05, 0.1) is 22.3 Å². The van der Waals surface area contributed by atoms with E-state index < -0.39 is 0 Å². The molecule has 140 valence electrons. The Labute approximate surface area is 183 Å². The van der Waals surface area contributed by atoms with Crippen molar-refractivity contribution in [1.82, 2.24) is 0 Å². The fourth-order valence-corrected chi connectivity index (χ4v) is 3.57. The number of allylic oxidation sites excluding steroid dienone is 1. The number of nitriles is 1. The van der Waals surface area contributed by atoms with Crippen LogP contribution in [0.25, 0.3) is 11.6 Å². The van der Waals surface area contributed by atoms with Gasteiger partial charge in [-0.15, -0.1) is 0 Å². The van der Waals surface area contributed by atoms with Gasteiger partial charge in [0.1, 0.15) is 6.61 Å². The lowest BCUT2D eigenvalue weighted by Crippen LogP contribution is -2.00. The Bertz CT molecular complexity index is 1020. The Morgan fingerprint density at radius 3 is 2.46 bits per heavy atom. The van der Waals surface area contributed by atoms with Gasteiger partial charge in [-0.3, -0.25) is 0 Å². The molecule has 0 saturated carbocycles. The van der Waals surface area contributed by atoms with Crippen molar-refractivity contribution in [2.45, 2.75) is 6.61 Å². The first-order valence-electron chi connectivity index (χ1n) is 8.52. The monoisotopic (exact) mass is 501 g/mol. The minimum absolute atomic E-state index is 0.409. The van der Waals surface area contributed by atoms with E-state index in [4.69, 9.17) is 21.1 Å². The molecule has 3 aromatic rings. The summed E-state index contributed by atoms with van der Waals surface area (Å²) in [5.41, 5.74) is 3.36. The van der Waals surface area contributed by atoms with Gasteiger partial charge < -0.3 is 9.47 Å². The van der Waals surface area contributed by atoms with Gasteiger partial charge in [0.2, 0.25) is 0 Å². The van der Waals surface area contributed by atoms with E-state index in [-0.39, 0.29) is 0 Å². The van der Waals surface area contributed by atoms with Gasteiger partial charge in [-0.05, 0) is 69.6 Å². The van der Waals surface area contributed by atoms with Gasteiger partial charge in [-0.2, -0.15) is 5.26 Å². The summed E-state index contributed by atoms with van der Waals surface area (Å²) in [6.07, 6.45) is 1.85. The van der Waals surface area contributed by atoms with E-state index in [1.807, 2.05) is 72.8 Å². The van der Waals surface area contributed by atoms with E-state index in [9.17, 15) is 5.26 Å². The van der Waals surface area contributed by atoms with E-state index in [1.165, 1.54) is 0 Å². The number of hydrogen-bond acceptors (Lipinski definition) is 3. The number of rotatable bonds is 6. The third-order valence-electron chi connectivity index (χ3n) is 4.06. The highest BCUT2D eigenvalue weighted by molar-refractivity contribution is 14.1. The molecule has 0 aliphatic heterocycles. The van der Waals surface area contributed by atoms with Crippen molar-refractivity contribution in [1.29, 1.82) is 5.26 Å². The largest absolute Gasteiger partial charge is 0.493 e. The third kappa shape index (κ3) is 5.06. The van der Waals surface area contributed by atoms with Gasteiger partial charge in [0, 0.05) is 5.02 Å². The Morgan fingerprint density at radius 1 is 1.11 bits per heavy atom. The molecule has 0 bridgehead atoms. The molecular formula is C23H17ClINO2. The fraction of sp³-hybridized carbons (Fsp3) is 0.0870. The summed E-state index contributed by atoms with van der Waals surface area (Å²) in [7, 11) is 1.61. The van der Waals surface area contributed by atoms with Crippen molar-refractivity contribution in [3.63, 3.8) is 0 Å². The molecule has 3 rings (SSSR count). The van der Waals surface area contributed by atoms with E-state index in [0.29, 0.717) is 28.7 Å².